The fourth-order valence-electron chi connectivity index (χ4n) is 3.61. The lowest BCUT2D eigenvalue weighted by Gasteiger charge is -2.27. The molecule has 3 amide bonds. The zero-order valence-electron chi connectivity index (χ0n) is 23.2. The summed E-state index contributed by atoms with van der Waals surface area (Å²) in [4.78, 5) is 51.1. The summed E-state index contributed by atoms with van der Waals surface area (Å²) in [5, 5.41) is 7.79. The number of nitrogens with one attached hydrogen (secondary N) is 3. The van der Waals surface area contributed by atoms with E-state index in [9.17, 15) is 28.0 Å². The molecule has 1 unspecified atom stereocenters. The molecule has 230 valence electrons. The van der Waals surface area contributed by atoms with Gasteiger partial charge in [0.2, 0.25) is 11.7 Å². The van der Waals surface area contributed by atoms with Crippen molar-refractivity contribution in [3.63, 3.8) is 0 Å². The molecule has 0 saturated carbocycles. The first-order valence-electron chi connectivity index (χ1n) is 12.8. The Morgan fingerprint density at radius 3 is 2.05 bits per heavy atom. The summed E-state index contributed by atoms with van der Waals surface area (Å²) in [6.07, 6.45) is -0.151. The maximum absolute atomic E-state index is 14.8. The molecule has 0 aliphatic carbocycles. The number of amides is 3. The van der Waals surface area contributed by atoms with Crippen molar-refractivity contribution in [2.24, 2.45) is 11.8 Å². The fourth-order valence-corrected chi connectivity index (χ4v) is 4.44. The van der Waals surface area contributed by atoms with Gasteiger partial charge in [-0.3, -0.25) is 19.2 Å². The number of hydrogen-bond donors (Lipinski definition) is 3. The van der Waals surface area contributed by atoms with Gasteiger partial charge in [0.05, 0.1) is 16.1 Å². The Morgan fingerprint density at radius 1 is 0.881 bits per heavy atom. The molecule has 0 aliphatic heterocycles. The summed E-state index contributed by atoms with van der Waals surface area (Å²) in [7, 11) is 0. The van der Waals surface area contributed by atoms with E-state index >= 15 is 0 Å². The Hall–Kier alpha value is -2.66. The molecule has 0 spiro atoms. The normalized spacial score (nSPS) is 13.0. The van der Waals surface area contributed by atoms with Crippen LogP contribution >= 0.6 is 46.4 Å². The second-order valence-electron chi connectivity index (χ2n) is 10.2. The Bertz CT molecular complexity index is 1290. The van der Waals surface area contributed by atoms with Crippen molar-refractivity contribution in [3.05, 3.63) is 62.1 Å². The molecule has 2 aromatic rings. The molecule has 2 aromatic carbocycles. The number of alkyl halides is 2. The molecule has 8 nitrogen and oxygen atoms in total. The van der Waals surface area contributed by atoms with Gasteiger partial charge in [-0.25, -0.2) is 0 Å². The Morgan fingerprint density at radius 2 is 1.50 bits per heavy atom. The van der Waals surface area contributed by atoms with Gasteiger partial charge >= 0.3 is 5.92 Å². The first-order chi connectivity index (χ1) is 19.5. The number of benzene rings is 2. The van der Waals surface area contributed by atoms with Gasteiger partial charge in [0.15, 0.2) is 6.61 Å². The first-order valence-corrected chi connectivity index (χ1v) is 14.3. The van der Waals surface area contributed by atoms with E-state index in [-0.39, 0.29) is 44.7 Å². The molecule has 0 aliphatic rings. The highest BCUT2D eigenvalue weighted by Crippen LogP contribution is 2.25. The van der Waals surface area contributed by atoms with Crippen molar-refractivity contribution in [1.29, 1.82) is 0 Å². The molecule has 2 atom stereocenters. The van der Waals surface area contributed by atoms with Crippen molar-refractivity contribution < 1.29 is 32.7 Å². The molecule has 0 heterocycles. The van der Waals surface area contributed by atoms with Gasteiger partial charge in [0.25, 0.3) is 11.8 Å². The number of Topliss-reactive ketones (excluding diaryl/α,β-unsaturated/α-hetero) is 1. The fraction of sp³-hybridized carbons (Fsp3) is 0.429. The first kappa shape index (κ1) is 35.5. The minimum absolute atomic E-state index is 0.0678. The number of carbonyl (C=O) groups excluding carboxylic acids is 4. The molecule has 0 fully saturated rings. The van der Waals surface area contributed by atoms with Crippen LogP contribution in [0.15, 0.2) is 36.4 Å². The van der Waals surface area contributed by atoms with E-state index in [1.807, 2.05) is 5.32 Å². The minimum atomic E-state index is -4.41. The molecular weight excluding hydrogens is 638 g/mol. The third-order valence-electron chi connectivity index (χ3n) is 5.79. The van der Waals surface area contributed by atoms with Crippen LogP contribution in [-0.4, -0.2) is 54.7 Å². The van der Waals surface area contributed by atoms with Gasteiger partial charge in [-0.05, 0) is 47.7 Å². The van der Waals surface area contributed by atoms with Crippen molar-refractivity contribution in [1.82, 2.24) is 16.0 Å². The van der Waals surface area contributed by atoms with Crippen LogP contribution in [0.1, 0.15) is 33.3 Å². The molecule has 0 radical (unpaired) electrons. The van der Waals surface area contributed by atoms with E-state index in [1.54, 1.807) is 19.9 Å². The summed E-state index contributed by atoms with van der Waals surface area (Å²) >= 11 is 24.0. The zero-order chi connectivity index (χ0) is 31.8. The number of ketones is 1. The van der Waals surface area contributed by atoms with Gasteiger partial charge in [-0.2, -0.15) is 8.78 Å². The highest BCUT2D eigenvalue weighted by atomic mass is 35.5. The number of hydrogen-bond acceptors (Lipinski definition) is 5. The van der Waals surface area contributed by atoms with Crippen LogP contribution < -0.4 is 20.7 Å². The summed E-state index contributed by atoms with van der Waals surface area (Å²) in [5.41, 5.74) is 0.471. The summed E-state index contributed by atoms with van der Waals surface area (Å²) < 4.78 is 35.1. The van der Waals surface area contributed by atoms with Crippen LogP contribution in [0, 0.1) is 11.8 Å². The van der Waals surface area contributed by atoms with E-state index in [0.29, 0.717) is 5.56 Å². The van der Waals surface area contributed by atoms with Crippen molar-refractivity contribution in [2.75, 3.05) is 13.2 Å². The smallest absolute Gasteiger partial charge is 0.383 e. The van der Waals surface area contributed by atoms with Gasteiger partial charge < -0.3 is 20.7 Å². The summed E-state index contributed by atoms with van der Waals surface area (Å²) in [6, 6.07) is 5.72. The van der Waals surface area contributed by atoms with Crippen molar-refractivity contribution >= 4 is 69.9 Å². The van der Waals surface area contributed by atoms with E-state index < -0.39 is 54.0 Å². The SMILES string of the molecule is CC(C)CNC(=O)C(F)(F)C(=O)[C@@H](NC(=O)C(Cc1ccc(Cl)c(Cl)c1)NC(=O)COc1cc(Cl)cc(Cl)c1)C(C)C. The lowest BCUT2D eigenvalue weighted by molar-refractivity contribution is -0.161. The molecule has 0 aromatic heterocycles. The van der Waals surface area contributed by atoms with Crippen LogP contribution in [0.3, 0.4) is 0 Å². The molecule has 2 rings (SSSR count). The maximum Gasteiger partial charge on any atom is 0.383 e. The lowest BCUT2D eigenvalue weighted by atomic mass is 9.94. The van der Waals surface area contributed by atoms with E-state index in [1.165, 1.54) is 44.2 Å². The number of rotatable bonds is 14. The minimum Gasteiger partial charge on any atom is -0.484 e. The largest absolute Gasteiger partial charge is 0.484 e. The topological polar surface area (TPSA) is 114 Å². The zero-order valence-corrected chi connectivity index (χ0v) is 26.2. The maximum atomic E-state index is 14.8. The van der Waals surface area contributed by atoms with Crippen molar-refractivity contribution in [3.8, 4) is 5.75 Å². The standard InChI is InChI=1S/C28H31Cl4F2N3O5/c1-14(2)12-35-27(41)28(33,34)25(39)24(15(3)4)37-26(40)22(8-16-5-6-20(31)21(32)7-16)36-23(38)13-42-19-10-17(29)9-18(30)11-19/h5-7,9-11,14-15,22,24H,8,12-13H2,1-4H3,(H,35,41)(H,36,38)(H,37,40)/t22?,24-/m0/s1. The predicted octanol–water partition coefficient (Wildman–Crippen LogP) is 5.52. The third-order valence-corrected chi connectivity index (χ3v) is 6.97. The summed E-state index contributed by atoms with van der Waals surface area (Å²) in [5.74, 6) is -10.4. The molecular formula is C28H31Cl4F2N3O5. The Labute approximate surface area is 262 Å². The highest BCUT2D eigenvalue weighted by Gasteiger charge is 2.51. The van der Waals surface area contributed by atoms with Gasteiger partial charge in [0.1, 0.15) is 11.8 Å². The molecule has 0 saturated heterocycles. The lowest BCUT2D eigenvalue weighted by Crippen LogP contribution is -2.59. The number of halogens is 6. The molecule has 0 bridgehead atoms. The highest BCUT2D eigenvalue weighted by molar-refractivity contribution is 6.42. The molecule has 42 heavy (non-hydrogen) atoms. The second-order valence-corrected chi connectivity index (χ2v) is 11.9. The van der Waals surface area contributed by atoms with E-state index in [2.05, 4.69) is 10.6 Å². The van der Waals surface area contributed by atoms with Crippen LogP contribution in [0.5, 0.6) is 5.75 Å². The molecule has 14 heteroatoms. The average molecular weight is 669 g/mol. The Kier molecular flexibility index (Phi) is 13.3. The predicted molar refractivity (Wildman–Crippen MR) is 159 cm³/mol. The van der Waals surface area contributed by atoms with Crippen LogP contribution in [0.4, 0.5) is 8.78 Å². The quantitative estimate of drug-likeness (QED) is 0.229. The van der Waals surface area contributed by atoms with Gasteiger partial charge in [-0.15, -0.1) is 0 Å². The average Bonchev–Trinajstić information content (AvgIpc) is 2.89. The Balaban J connectivity index is 2.26. The number of ether oxygens (including phenoxy) is 1. The number of carbonyl (C=O) groups is 4. The second kappa shape index (κ2) is 15.7. The summed E-state index contributed by atoms with van der Waals surface area (Å²) in [6.45, 7) is 5.65. The third kappa shape index (κ3) is 10.6. The van der Waals surface area contributed by atoms with Crippen LogP contribution in [0.25, 0.3) is 0 Å². The van der Waals surface area contributed by atoms with Gasteiger partial charge in [-0.1, -0.05) is 80.2 Å². The van der Waals surface area contributed by atoms with E-state index in [0.717, 1.165) is 0 Å². The monoisotopic (exact) mass is 667 g/mol. The van der Waals surface area contributed by atoms with Crippen molar-refractivity contribution in [2.45, 2.75) is 52.1 Å². The molecule has 3 N–H and O–H groups in total. The van der Waals surface area contributed by atoms with Gasteiger partial charge in [0, 0.05) is 23.0 Å². The van der Waals surface area contributed by atoms with E-state index in [4.69, 9.17) is 51.1 Å². The van der Waals surface area contributed by atoms with Crippen LogP contribution in [-0.2, 0) is 25.6 Å². The van der Waals surface area contributed by atoms with Crippen LogP contribution in [0.2, 0.25) is 20.1 Å².